The smallest absolute Gasteiger partial charge is 0.198 e. The van der Waals surface area contributed by atoms with Gasteiger partial charge in [0.1, 0.15) is 0 Å². The molecule has 0 atom stereocenters. The van der Waals surface area contributed by atoms with Crippen molar-refractivity contribution in [3.8, 4) is 0 Å². The molecular weight excluding hydrogens is 355 g/mol. The Hall–Kier alpha value is -0.910. The fourth-order valence-electron chi connectivity index (χ4n) is 1.78. The van der Waals surface area contributed by atoms with Gasteiger partial charge in [0.2, 0.25) is 5.41 Å². The van der Waals surface area contributed by atoms with E-state index in [1.165, 1.54) is 0 Å². The third kappa shape index (κ3) is 2.70. The van der Waals surface area contributed by atoms with Crippen molar-refractivity contribution in [2.45, 2.75) is 50.1 Å². The van der Waals surface area contributed by atoms with Gasteiger partial charge < -0.3 is 0 Å². The van der Waals surface area contributed by atoms with Crippen LogP contribution in [-0.2, 0) is 0 Å². The molecule has 0 aromatic heterocycles. The summed E-state index contributed by atoms with van der Waals surface area (Å²) in [5, 5.41) is 0. The molecule has 0 spiro atoms. The van der Waals surface area contributed by atoms with Crippen LogP contribution in [0.25, 0.3) is 0 Å². The summed E-state index contributed by atoms with van der Waals surface area (Å²) >= 11 is 0. The Morgan fingerprint density at radius 3 is 1.00 bits per heavy atom. The van der Waals surface area contributed by atoms with Gasteiger partial charge in [0.05, 0.1) is 0 Å². The predicted octanol–water partition coefficient (Wildman–Crippen LogP) is 5.73. The molecule has 0 heterocycles. The first-order chi connectivity index (χ1) is 9.31. The molecule has 0 bridgehead atoms. The van der Waals surface area contributed by atoms with E-state index in [0.29, 0.717) is 6.92 Å². The van der Waals surface area contributed by atoms with E-state index in [1.807, 2.05) is 0 Å². The molecule has 13 heteroatoms. The first kappa shape index (κ1) is 21.1. The molecule has 0 radical (unpaired) electrons. The van der Waals surface area contributed by atoms with Crippen molar-refractivity contribution >= 4 is 0 Å². The number of hydrogen-bond acceptors (Lipinski definition) is 0. The molecule has 0 saturated carbocycles. The second-order valence-electron chi connectivity index (χ2n) is 4.30. The molecular formula is C9H7F13. The zero-order valence-electron chi connectivity index (χ0n) is 10.3. The molecule has 0 aliphatic carbocycles. The van der Waals surface area contributed by atoms with E-state index < -0.39 is 48.6 Å². The highest BCUT2D eigenvalue weighted by molar-refractivity contribution is 5.10. The van der Waals surface area contributed by atoms with Crippen molar-refractivity contribution in [2.75, 3.05) is 0 Å². The Kier molecular flexibility index (Phi) is 5.10. The molecule has 0 N–H and O–H groups in total. The van der Waals surface area contributed by atoms with Crippen molar-refractivity contribution in [2.24, 2.45) is 5.41 Å². The average molecular weight is 362 g/mol. The van der Waals surface area contributed by atoms with Crippen LogP contribution in [0.4, 0.5) is 57.1 Å². The van der Waals surface area contributed by atoms with Gasteiger partial charge in [0.25, 0.3) is 0 Å². The lowest BCUT2D eigenvalue weighted by atomic mass is 9.72. The van der Waals surface area contributed by atoms with Crippen molar-refractivity contribution in [3.63, 3.8) is 0 Å². The topological polar surface area (TPSA) is 0 Å². The Balaban J connectivity index is 6.69. The lowest BCUT2D eigenvalue weighted by molar-refractivity contribution is -0.461. The monoisotopic (exact) mass is 362 g/mol. The SMILES string of the molecule is CCCC(C(F)(F)F)(C(F)(F)F)C(F)(F)C(F)(F)C(F)(F)F. The van der Waals surface area contributed by atoms with Gasteiger partial charge in [-0.3, -0.25) is 0 Å². The Bertz CT molecular complexity index is 368. The van der Waals surface area contributed by atoms with Crippen molar-refractivity contribution in [1.82, 2.24) is 0 Å². The third-order valence-corrected chi connectivity index (χ3v) is 2.88. The summed E-state index contributed by atoms with van der Waals surface area (Å²) < 4.78 is 163. The van der Waals surface area contributed by atoms with Crippen LogP contribution in [0.15, 0.2) is 0 Å². The summed E-state index contributed by atoms with van der Waals surface area (Å²) in [6.45, 7) is 0.494. The molecule has 0 fully saturated rings. The number of hydrogen-bond donors (Lipinski definition) is 0. The lowest BCUT2D eigenvalue weighted by Crippen LogP contribution is -2.70. The molecule has 0 aromatic carbocycles. The standard InChI is InChI=1S/C9H7F13/c1-2-3-4(7(14,15)16,8(17,18)19)5(10,11)6(12,13)9(20,21)22/h2-3H2,1H3. The maximum Gasteiger partial charge on any atom is 0.459 e. The molecule has 22 heavy (non-hydrogen) atoms. The average Bonchev–Trinajstić information content (AvgIpc) is 2.19. The van der Waals surface area contributed by atoms with E-state index in [0.717, 1.165) is 0 Å². The second-order valence-corrected chi connectivity index (χ2v) is 4.30. The summed E-state index contributed by atoms with van der Waals surface area (Å²) in [7, 11) is 0. The normalized spacial score (nSPS) is 16.1. The van der Waals surface area contributed by atoms with Crippen LogP contribution in [0.2, 0.25) is 0 Å². The zero-order valence-corrected chi connectivity index (χ0v) is 10.3. The minimum absolute atomic E-state index is 0.494. The molecule has 0 unspecified atom stereocenters. The van der Waals surface area contributed by atoms with Gasteiger partial charge in [-0.05, 0) is 6.42 Å². The van der Waals surface area contributed by atoms with Gasteiger partial charge in [-0.15, -0.1) is 0 Å². The summed E-state index contributed by atoms with van der Waals surface area (Å²) in [4.78, 5) is 0. The van der Waals surface area contributed by atoms with E-state index in [9.17, 15) is 57.1 Å². The molecule has 0 aliphatic rings. The molecule has 0 saturated heterocycles. The number of rotatable bonds is 4. The van der Waals surface area contributed by atoms with E-state index in [1.54, 1.807) is 0 Å². The van der Waals surface area contributed by atoms with E-state index >= 15 is 0 Å². The first-order valence-electron chi connectivity index (χ1n) is 5.27. The third-order valence-electron chi connectivity index (χ3n) is 2.88. The Morgan fingerprint density at radius 1 is 0.500 bits per heavy atom. The van der Waals surface area contributed by atoms with Gasteiger partial charge in [-0.25, -0.2) is 0 Å². The highest BCUT2D eigenvalue weighted by Gasteiger charge is 2.91. The molecule has 0 rings (SSSR count). The molecule has 0 aliphatic heterocycles. The Labute approximate surface area is 114 Å². The van der Waals surface area contributed by atoms with Crippen molar-refractivity contribution in [3.05, 3.63) is 0 Å². The van der Waals surface area contributed by atoms with Gasteiger partial charge in [-0.2, -0.15) is 57.1 Å². The van der Waals surface area contributed by atoms with Crippen molar-refractivity contribution < 1.29 is 57.1 Å². The molecule has 134 valence electrons. The quantitative estimate of drug-likeness (QED) is 0.561. The maximum absolute atomic E-state index is 13.3. The number of halogens is 13. The minimum atomic E-state index is -7.54. The highest BCUT2D eigenvalue weighted by atomic mass is 19.4. The van der Waals surface area contributed by atoms with Gasteiger partial charge >= 0.3 is 30.4 Å². The van der Waals surface area contributed by atoms with E-state index in [4.69, 9.17) is 0 Å². The lowest BCUT2D eigenvalue weighted by Gasteiger charge is -2.45. The summed E-state index contributed by atoms with van der Waals surface area (Å²) in [5.41, 5.74) is -6.54. The molecule has 0 aromatic rings. The van der Waals surface area contributed by atoms with Gasteiger partial charge in [0.15, 0.2) is 0 Å². The Morgan fingerprint density at radius 2 is 0.818 bits per heavy atom. The second kappa shape index (κ2) is 5.32. The van der Waals surface area contributed by atoms with Crippen LogP contribution in [0.5, 0.6) is 0 Å². The summed E-state index contributed by atoms with van der Waals surface area (Å²) in [6, 6.07) is 0. The fraction of sp³-hybridized carbons (Fsp3) is 1.00. The minimum Gasteiger partial charge on any atom is -0.198 e. The van der Waals surface area contributed by atoms with Crippen molar-refractivity contribution in [1.29, 1.82) is 0 Å². The largest absolute Gasteiger partial charge is 0.459 e. The number of alkyl halides is 13. The van der Waals surface area contributed by atoms with Gasteiger partial charge in [0, 0.05) is 0 Å². The predicted molar refractivity (Wildman–Crippen MR) is 45.4 cm³/mol. The van der Waals surface area contributed by atoms with E-state index in [-0.39, 0.29) is 0 Å². The fourth-order valence-corrected chi connectivity index (χ4v) is 1.78. The van der Waals surface area contributed by atoms with Crippen LogP contribution in [0.1, 0.15) is 19.8 Å². The zero-order chi connectivity index (χ0) is 18.4. The summed E-state index contributed by atoms with van der Waals surface area (Å²) in [5.74, 6) is -15.0. The van der Waals surface area contributed by atoms with E-state index in [2.05, 4.69) is 0 Å². The molecule has 0 amide bonds. The maximum atomic E-state index is 13.3. The van der Waals surface area contributed by atoms with Crippen LogP contribution in [0, 0.1) is 5.41 Å². The summed E-state index contributed by atoms with van der Waals surface area (Å²) in [6.07, 6.45) is -25.6. The van der Waals surface area contributed by atoms with Crippen LogP contribution >= 0.6 is 0 Å². The first-order valence-corrected chi connectivity index (χ1v) is 5.27. The van der Waals surface area contributed by atoms with Crippen LogP contribution in [0.3, 0.4) is 0 Å². The molecule has 0 nitrogen and oxygen atoms in total. The van der Waals surface area contributed by atoms with Gasteiger partial charge in [-0.1, -0.05) is 13.3 Å². The van der Waals surface area contributed by atoms with Crippen LogP contribution in [-0.4, -0.2) is 30.4 Å². The highest BCUT2D eigenvalue weighted by Crippen LogP contribution is 2.67. The van der Waals surface area contributed by atoms with Crippen LogP contribution < -0.4 is 0 Å².